The fourth-order valence-electron chi connectivity index (χ4n) is 1.91. The van der Waals surface area contributed by atoms with E-state index in [2.05, 4.69) is 43.0 Å². The third-order valence-electron chi connectivity index (χ3n) is 2.99. The molecular formula is C18H17N. The van der Waals surface area contributed by atoms with Crippen molar-refractivity contribution >= 4 is 11.8 Å². The minimum Gasteiger partial charge on any atom is -0.308 e. The van der Waals surface area contributed by atoms with Crippen LogP contribution in [0.2, 0.25) is 0 Å². The molecule has 0 aliphatic carbocycles. The first kappa shape index (κ1) is 13.0. The van der Waals surface area contributed by atoms with Crippen molar-refractivity contribution in [1.82, 2.24) is 0 Å². The highest BCUT2D eigenvalue weighted by molar-refractivity contribution is 5.83. The minimum absolute atomic E-state index is 0.900. The second-order valence-corrected chi connectivity index (χ2v) is 4.50. The van der Waals surface area contributed by atoms with Crippen molar-refractivity contribution in [3.8, 4) is 11.1 Å². The van der Waals surface area contributed by atoms with Gasteiger partial charge in [0.25, 0.3) is 0 Å². The Kier molecular flexibility index (Phi) is 4.09. The molecule has 2 rings (SSSR count). The van der Waals surface area contributed by atoms with Gasteiger partial charge < -0.3 is 5.41 Å². The molecule has 0 heterocycles. The number of nitrogens with one attached hydrogen (secondary N) is 1. The maximum Gasteiger partial charge on any atom is 0.0207 e. The molecule has 1 heteroatoms. The SMILES string of the molecule is C=C(/C=C(/C)C=N)c1ccc(-c2ccccc2)cc1. The van der Waals surface area contributed by atoms with E-state index in [4.69, 9.17) is 5.41 Å². The predicted octanol–water partition coefficient (Wildman–Crippen LogP) is 4.96. The highest BCUT2D eigenvalue weighted by Crippen LogP contribution is 2.22. The average molecular weight is 247 g/mol. The average Bonchev–Trinajstić information content (AvgIpc) is 2.48. The molecule has 0 saturated heterocycles. The first-order valence-electron chi connectivity index (χ1n) is 6.24. The molecule has 0 aliphatic heterocycles. The molecular weight excluding hydrogens is 230 g/mol. The van der Waals surface area contributed by atoms with Crippen LogP contribution in [0.25, 0.3) is 16.7 Å². The molecule has 0 radical (unpaired) electrons. The van der Waals surface area contributed by atoms with E-state index in [9.17, 15) is 0 Å². The fourth-order valence-corrected chi connectivity index (χ4v) is 1.91. The predicted molar refractivity (Wildman–Crippen MR) is 83.5 cm³/mol. The lowest BCUT2D eigenvalue weighted by Gasteiger charge is -2.05. The van der Waals surface area contributed by atoms with Gasteiger partial charge in [-0.3, -0.25) is 0 Å². The van der Waals surface area contributed by atoms with Crippen LogP contribution in [0.3, 0.4) is 0 Å². The largest absolute Gasteiger partial charge is 0.308 e. The number of benzene rings is 2. The van der Waals surface area contributed by atoms with Gasteiger partial charge in [-0.15, -0.1) is 0 Å². The summed E-state index contributed by atoms with van der Waals surface area (Å²) in [6.45, 7) is 5.93. The number of hydrogen-bond acceptors (Lipinski definition) is 1. The van der Waals surface area contributed by atoms with Crippen molar-refractivity contribution in [2.45, 2.75) is 6.92 Å². The molecule has 0 saturated carbocycles. The van der Waals surface area contributed by atoms with Crippen LogP contribution >= 0.6 is 0 Å². The monoisotopic (exact) mass is 247 g/mol. The van der Waals surface area contributed by atoms with Crippen LogP contribution in [0.5, 0.6) is 0 Å². The topological polar surface area (TPSA) is 23.9 Å². The Balaban J connectivity index is 2.24. The summed E-state index contributed by atoms with van der Waals surface area (Å²) in [4.78, 5) is 0. The van der Waals surface area contributed by atoms with Crippen LogP contribution in [-0.4, -0.2) is 6.21 Å². The van der Waals surface area contributed by atoms with Crippen LogP contribution in [0.1, 0.15) is 12.5 Å². The molecule has 1 nitrogen and oxygen atoms in total. The van der Waals surface area contributed by atoms with Gasteiger partial charge in [0.2, 0.25) is 0 Å². The maximum absolute atomic E-state index is 7.18. The van der Waals surface area contributed by atoms with Gasteiger partial charge in [-0.2, -0.15) is 0 Å². The molecule has 19 heavy (non-hydrogen) atoms. The summed E-state index contributed by atoms with van der Waals surface area (Å²) in [5.41, 5.74) is 5.33. The van der Waals surface area contributed by atoms with Gasteiger partial charge in [-0.1, -0.05) is 67.3 Å². The summed E-state index contributed by atoms with van der Waals surface area (Å²) in [5, 5.41) is 7.18. The molecule has 0 amide bonds. The minimum atomic E-state index is 0.900. The molecule has 0 spiro atoms. The number of allylic oxidation sites excluding steroid dienone is 3. The zero-order chi connectivity index (χ0) is 13.7. The zero-order valence-electron chi connectivity index (χ0n) is 11.1. The lowest BCUT2D eigenvalue weighted by molar-refractivity contribution is 1.50. The van der Waals surface area contributed by atoms with Crippen molar-refractivity contribution in [3.05, 3.63) is 78.4 Å². The summed E-state index contributed by atoms with van der Waals surface area (Å²) in [6, 6.07) is 18.6. The van der Waals surface area contributed by atoms with E-state index in [1.165, 1.54) is 17.3 Å². The van der Waals surface area contributed by atoms with Gasteiger partial charge in [-0.25, -0.2) is 0 Å². The van der Waals surface area contributed by atoms with E-state index < -0.39 is 0 Å². The van der Waals surface area contributed by atoms with Crippen LogP contribution in [-0.2, 0) is 0 Å². The van der Waals surface area contributed by atoms with Crippen molar-refractivity contribution in [3.63, 3.8) is 0 Å². The molecule has 0 atom stereocenters. The van der Waals surface area contributed by atoms with Crippen molar-refractivity contribution in [2.24, 2.45) is 0 Å². The lowest BCUT2D eigenvalue weighted by atomic mass is 10.0. The summed E-state index contributed by atoms with van der Waals surface area (Å²) in [7, 11) is 0. The molecule has 2 aromatic rings. The third-order valence-corrected chi connectivity index (χ3v) is 2.99. The second kappa shape index (κ2) is 5.96. The summed E-state index contributed by atoms with van der Waals surface area (Å²) in [6.07, 6.45) is 3.26. The van der Waals surface area contributed by atoms with E-state index in [-0.39, 0.29) is 0 Å². The number of hydrogen-bond donors (Lipinski definition) is 1. The van der Waals surface area contributed by atoms with Crippen LogP contribution in [0, 0.1) is 5.41 Å². The Labute approximate surface area is 114 Å². The van der Waals surface area contributed by atoms with Crippen molar-refractivity contribution < 1.29 is 0 Å². The van der Waals surface area contributed by atoms with Crippen LogP contribution in [0.15, 0.2) is 72.8 Å². The Morgan fingerprint density at radius 1 is 0.947 bits per heavy atom. The molecule has 2 aromatic carbocycles. The van der Waals surface area contributed by atoms with Gasteiger partial charge in [0.1, 0.15) is 0 Å². The van der Waals surface area contributed by atoms with Crippen LogP contribution in [0.4, 0.5) is 0 Å². The van der Waals surface area contributed by atoms with E-state index in [1.54, 1.807) is 0 Å². The Morgan fingerprint density at radius 3 is 2.11 bits per heavy atom. The standard InChI is InChI=1S/C18H17N/c1-14(13-19)12-15(2)16-8-10-18(11-9-16)17-6-4-3-5-7-17/h3-13,19H,2H2,1H3/b14-12-,19-13?. The first-order valence-corrected chi connectivity index (χ1v) is 6.24. The summed E-state index contributed by atoms with van der Waals surface area (Å²) < 4.78 is 0. The lowest BCUT2D eigenvalue weighted by Crippen LogP contribution is -1.83. The Morgan fingerprint density at radius 2 is 1.53 bits per heavy atom. The summed E-state index contributed by atoms with van der Waals surface area (Å²) in [5.74, 6) is 0. The van der Waals surface area contributed by atoms with Crippen molar-refractivity contribution in [1.29, 1.82) is 5.41 Å². The van der Waals surface area contributed by atoms with E-state index in [1.807, 2.05) is 31.2 Å². The molecule has 94 valence electrons. The molecule has 0 unspecified atom stereocenters. The highest BCUT2D eigenvalue weighted by Gasteiger charge is 1.99. The fraction of sp³-hybridized carbons (Fsp3) is 0.0556. The normalized spacial score (nSPS) is 11.1. The maximum atomic E-state index is 7.18. The zero-order valence-corrected chi connectivity index (χ0v) is 11.1. The van der Waals surface area contributed by atoms with Gasteiger partial charge in [-0.05, 0) is 34.8 Å². The van der Waals surface area contributed by atoms with Crippen molar-refractivity contribution in [2.75, 3.05) is 0 Å². The van der Waals surface area contributed by atoms with Gasteiger partial charge >= 0.3 is 0 Å². The van der Waals surface area contributed by atoms with Crippen LogP contribution < -0.4 is 0 Å². The Bertz CT molecular complexity index is 604. The highest BCUT2D eigenvalue weighted by atomic mass is 14.3. The van der Waals surface area contributed by atoms with E-state index in [0.717, 1.165) is 16.7 Å². The number of rotatable bonds is 4. The first-order chi connectivity index (χ1) is 9.20. The van der Waals surface area contributed by atoms with E-state index >= 15 is 0 Å². The molecule has 0 aliphatic rings. The molecule has 0 bridgehead atoms. The molecule has 0 aromatic heterocycles. The third kappa shape index (κ3) is 3.29. The van der Waals surface area contributed by atoms with E-state index in [0.29, 0.717) is 0 Å². The second-order valence-electron chi connectivity index (χ2n) is 4.50. The quantitative estimate of drug-likeness (QED) is 0.583. The van der Waals surface area contributed by atoms with Gasteiger partial charge in [0.05, 0.1) is 0 Å². The molecule has 1 N–H and O–H groups in total. The smallest absolute Gasteiger partial charge is 0.0207 e. The molecule has 0 fully saturated rings. The Hall–Kier alpha value is -2.41. The summed E-state index contributed by atoms with van der Waals surface area (Å²) >= 11 is 0. The van der Waals surface area contributed by atoms with Gasteiger partial charge in [0.15, 0.2) is 0 Å². The van der Waals surface area contributed by atoms with Gasteiger partial charge in [0, 0.05) is 6.21 Å².